The predicted octanol–water partition coefficient (Wildman–Crippen LogP) is 1.62. The molecule has 0 saturated carbocycles. The maximum Gasteiger partial charge on any atom is 0.147 e. The fourth-order valence-electron chi connectivity index (χ4n) is 1.85. The lowest BCUT2D eigenvalue weighted by Crippen LogP contribution is -2.23. The van der Waals surface area contributed by atoms with Crippen molar-refractivity contribution in [2.75, 3.05) is 18.5 Å². The lowest BCUT2D eigenvalue weighted by Gasteiger charge is -2.21. The molecule has 19 heavy (non-hydrogen) atoms. The van der Waals surface area contributed by atoms with Gasteiger partial charge in [-0.05, 0) is 31.7 Å². The summed E-state index contributed by atoms with van der Waals surface area (Å²) >= 11 is 0. The van der Waals surface area contributed by atoms with Gasteiger partial charge in [0.2, 0.25) is 0 Å². The molecule has 2 heterocycles. The molecule has 0 fully saturated rings. The molecule has 0 saturated heterocycles. The molecule has 100 valence electrons. The highest BCUT2D eigenvalue weighted by Crippen LogP contribution is 2.12. The zero-order chi connectivity index (χ0) is 13.5. The van der Waals surface area contributed by atoms with Crippen LogP contribution in [0.2, 0.25) is 0 Å². The predicted molar refractivity (Wildman–Crippen MR) is 75.8 cm³/mol. The van der Waals surface area contributed by atoms with Gasteiger partial charge in [-0.25, -0.2) is 4.98 Å². The van der Waals surface area contributed by atoms with Crippen LogP contribution in [0, 0.1) is 0 Å². The zero-order valence-electron chi connectivity index (χ0n) is 11.4. The summed E-state index contributed by atoms with van der Waals surface area (Å²) in [5.41, 5.74) is 2.17. The van der Waals surface area contributed by atoms with Crippen molar-refractivity contribution in [3.63, 3.8) is 0 Å². The number of pyridine rings is 1. The zero-order valence-corrected chi connectivity index (χ0v) is 11.4. The minimum absolute atomic E-state index is 0.740. The molecule has 0 spiro atoms. The highest BCUT2D eigenvalue weighted by atomic mass is 15.2. The van der Waals surface area contributed by atoms with E-state index < -0.39 is 0 Å². The topological polar surface area (TPSA) is 53.9 Å². The van der Waals surface area contributed by atoms with Crippen molar-refractivity contribution in [3.8, 4) is 0 Å². The lowest BCUT2D eigenvalue weighted by atomic mass is 10.2. The molecule has 0 aliphatic heterocycles. The van der Waals surface area contributed by atoms with Crippen molar-refractivity contribution < 1.29 is 0 Å². The van der Waals surface area contributed by atoms with Crippen molar-refractivity contribution in [2.45, 2.75) is 20.0 Å². The van der Waals surface area contributed by atoms with Crippen LogP contribution in [0.1, 0.15) is 18.2 Å². The summed E-state index contributed by atoms with van der Waals surface area (Å²) in [6.07, 6.45) is 7.27. The Labute approximate surface area is 113 Å². The minimum atomic E-state index is 0.740. The summed E-state index contributed by atoms with van der Waals surface area (Å²) in [6.45, 7) is 4.57. The average molecular weight is 257 g/mol. The molecule has 0 radical (unpaired) electrons. The molecule has 1 N–H and O–H groups in total. The van der Waals surface area contributed by atoms with Crippen LogP contribution < -0.4 is 10.2 Å². The molecule has 2 aromatic rings. The number of aromatic nitrogens is 3. The van der Waals surface area contributed by atoms with Crippen molar-refractivity contribution in [1.29, 1.82) is 0 Å². The second kappa shape index (κ2) is 6.80. The van der Waals surface area contributed by atoms with E-state index in [-0.39, 0.29) is 0 Å². The molecular weight excluding hydrogens is 238 g/mol. The van der Waals surface area contributed by atoms with Gasteiger partial charge in [0.05, 0.1) is 18.1 Å². The Morgan fingerprint density at radius 1 is 1.16 bits per heavy atom. The number of anilines is 1. The molecule has 2 aromatic heterocycles. The minimum Gasteiger partial charge on any atom is -0.351 e. The number of hydrogen-bond acceptors (Lipinski definition) is 5. The Bertz CT molecular complexity index is 483. The summed E-state index contributed by atoms with van der Waals surface area (Å²) in [6, 6.07) is 4.04. The smallest absolute Gasteiger partial charge is 0.147 e. The van der Waals surface area contributed by atoms with E-state index in [4.69, 9.17) is 0 Å². The van der Waals surface area contributed by atoms with Crippen LogP contribution >= 0.6 is 0 Å². The van der Waals surface area contributed by atoms with Crippen molar-refractivity contribution in [1.82, 2.24) is 20.3 Å². The van der Waals surface area contributed by atoms with E-state index in [9.17, 15) is 0 Å². The van der Waals surface area contributed by atoms with E-state index in [1.54, 1.807) is 0 Å². The van der Waals surface area contributed by atoms with Gasteiger partial charge in [0.15, 0.2) is 0 Å². The Balaban J connectivity index is 2.08. The molecule has 0 aliphatic carbocycles. The van der Waals surface area contributed by atoms with Gasteiger partial charge >= 0.3 is 0 Å². The summed E-state index contributed by atoms with van der Waals surface area (Å²) in [5, 5.41) is 3.06. The summed E-state index contributed by atoms with van der Waals surface area (Å²) in [7, 11) is 1.90. The SMILES string of the molecule is CCN(Cc1ccncc1)c1cnc(CNC)cn1. The van der Waals surface area contributed by atoms with Gasteiger partial charge in [-0.3, -0.25) is 9.97 Å². The van der Waals surface area contributed by atoms with Gasteiger partial charge in [0.25, 0.3) is 0 Å². The molecule has 0 bridgehead atoms. The molecule has 0 unspecified atom stereocenters. The van der Waals surface area contributed by atoms with E-state index in [0.29, 0.717) is 0 Å². The van der Waals surface area contributed by atoms with Crippen LogP contribution in [-0.2, 0) is 13.1 Å². The molecular formula is C14H19N5. The second-order valence-corrected chi connectivity index (χ2v) is 4.27. The quantitative estimate of drug-likeness (QED) is 0.852. The molecule has 2 rings (SSSR count). The van der Waals surface area contributed by atoms with Crippen molar-refractivity contribution >= 4 is 5.82 Å². The van der Waals surface area contributed by atoms with E-state index in [1.807, 2.05) is 44.0 Å². The number of rotatable bonds is 6. The van der Waals surface area contributed by atoms with Crippen LogP contribution in [0.15, 0.2) is 36.9 Å². The average Bonchev–Trinajstić information content (AvgIpc) is 2.47. The van der Waals surface area contributed by atoms with E-state index in [0.717, 1.165) is 31.1 Å². The maximum absolute atomic E-state index is 4.47. The van der Waals surface area contributed by atoms with E-state index in [2.05, 4.69) is 32.1 Å². The summed E-state index contributed by atoms with van der Waals surface area (Å²) < 4.78 is 0. The van der Waals surface area contributed by atoms with Gasteiger partial charge in [-0.1, -0.05) is 0 Å². The van der Waals surface area contributed by atoms with Gasteiger partial charge in [0, 0.05) is 32.0 Å². The third-order valence-corrected chi connectivity index (χ3v) is 2.88. The van der Waals surface area contributed by atoms with Gasteiger partial charge in [0.1, 0.15) is 5.82 Å². The fraction of sp³-hybridized carbons (Fsp3) is 0.357. The van der Waals surface area contributed by atoms with Crippen LogP contribution in [-0.4, -0.2) is 28.5 Å². The standard InChI is InChI=1S/C14H19N5/c1-3-19(11-12-4-6-16-7-5-12)14-10-17-13(8-15-2)9-18-14/h4-7,9-10,15H,3,8,11H2,1-2H3. The first-order chi connectivity index (χ1) is 9.33. The summed E-state index contributed by atoms with van der Waals surface area (Å²) in [5.74, 6) is 0.902. The normalized spacial score (nSPS) is 10.4. The Hall–Kier alpha value is -2.01. The first-order valence-electron chi connectivity index (χ1n) is 6.43. The molecule has 0 amide bonds. The van der Waals surface area contributed by atoms with Crippen molar-refractivity contribution in [3.05, 3.63) is 48.2 Å². The molecule has 0 atom stereocenters. The van der Waals surface area contributed by atoms with Crippen LogP contribution in [0.4, 0.5) is 5.82 Å². The highest BCUT2D eigenvalue weighted by molar-refractivity contribution is 5.37. The van der Waals surface area contributed by atoms with Crippen LogP contribution in [0.5, 0.6) is 0 Å². The third-order valence-electron chi connectivity index (χ3n) is 2.88. The molecule has 5 heteroatoms. The Morgan fingerprint density at radius 2 is 1.95 bits per heavy atom. The maximum atomic E-state index is 4.47. The van der Waals surface area contributed by atoms with E-state index >= 15 is 0 Å². The highest BCUT2D eigenvalue weighted by Gasteiger charge is 2.07. The molecule has 0 aliphatic rings. The number of nitrogens with zero attached hydrogens (tertiary/aromatic N) is 4. The van der Waals surface area contributed by atoms with E-state index in [1.165, 1.54) is 5.56 Å². The van der Waals surface area contributed by atoms with Crippen LogP contribution in [0.3, 0.4) is 0 Å². The Morgan fingerprint density at radius 3 is 2.53 bits per heavy atom. The third kappa shape index (κ3) is 3.72. The van der Waals surface area contributed by atoms with Crippen LogP contribution in [0.25, 0.3) is 0 Å². The first kappa shape index (κ1) is 13.4. The second-order valence-electron chi connectivity index (χ2n) is 4.27. The first-order valence-corrected chi connectivity index (χ1v) is 6.43. The number of nitrogens with one attached hydrogen (secondary N) is 1. The van der Waals surface area contributed by atoms with Crippen molar-refractivity contribution in [2.24, 2.45) is 0 Å². The summed E-state index contributed by atoms with van der Waals surface area (Å²) in [4.78, 5) is 15.1. The molecule has 0 aromatic carbocycles. The lowest BCUT2D eigenvalue weighted by molar-refractivity contribution is 0.769. The Kier molecular flexibility index (Phi) is 4.80. The monoisotopic (exact) mass is 257 g/mol. The van der Waals surface area contributed by atoms with Gasteiger partial charge in [-0.15, -0.1) is 0 Å². The van der Waals surface area contributed by atoms with Gasteiger partial charge in [-0.2, -0.15) is 0 Å². The molecule has 5 nitrogen and oxygen atoms in total. The fourth-order valence-corrected chi connectivity index (χ4v) is 1.85. The van der Waals surface area contributed by atoms with Gasteiger partial charge < -0.3 is 10.2 Å². The largest absolute Gasteiger partial charge is 0.351 e. The number of hydrogen-bond donors (Lipinski definition) is 1.